The number of nitrogens with two attached hydrogens (primary N) is 2. The van der Waals surface area contributed by atoms with E-state index in [4.69, 9.17) is 11.5 Å². The summed E-state index contributed by atoms with van der Waals surface area (Å²) < 4.78 is 0. The van der Waals surface area contributed by atoms with Gasteiger partial charge >= 0.3 is 0 Å². The molecule has 0 bridgehead atoms. The fourth-order valence-electron chi connectivity index (χ4n) is 2.70. The molecule has 4 nitrogen and oxygen atoms in total. The minimum absolute atomic E-state index is 0.224. The SMILES string of the molecule is CC(C)CCCCCCCc1cccc(C(N)=O)c1C(N)=O. The summed E-state index contributed by atoms with van der Waals surface area (Å²) in [5, 5.41) is 0. The minimum Gasteiger partial charge on any atom is -0.366 e. The van der Waals surface area contributed by atoms with Crippen LogP contribution in [0.4, 0.5) is 0 Å². The van der Waals surface area contributed by atoms with Crippen LogP contribution in [0.15, 0.2) is 18.2 Å². The lowest BCUT2D eigenvalue weighted by Gasteiger charge is -2.10. The summed E-state index contributed by atoms with van der Waals surface area (Å²) in [6.45, 7) is 4.49. The Morgan fingerprint density at radius 1 is 0.955 bits per heavy atom. The molecule has 0 saturated heterocycles. The van der Waals surface area contributed by atoms with Crippen molar-refractivity contribution in [2.45, 2.75) is 58.8 Å². The number of amides is 2. The lowest BCUT2D eigenvalue weighted by Crippen LogP contribution is -2.22. The number of hydrogen-bond acceptors (Lipinski definition) is 2. The Hall–Kier alpha value is -1.84. The van der Waals surface area contributed by atoms with E-state index < -0.39 is 11.8 Å². The molecule has 0 unspecified atom stereocenters. The van der Waals surface area contributed by atoms with E-state index >= 15 is 0 Å². The highest BCUT2D eigenvalue weighted by molar-refractivity contribution is 6.07. The molecular formula is C18H28N2O2. The maximum absolute atomic E-state index is 11.6. The van der Waals surface area contributed by atoms with E-state index in [1.165, 1.54) is 25.7 Å². The standard InChI is InChI=1S/C18H28N2O2/c1-13(2)9-6-4-3-5-7-10-14-11-8-12-15(17(19)21)16(14)18(20)22/h8,11-13H,3-7,9-10H2,1-2H3,(H2,19,21)(H2,20,22). The average molecular weight is 304 g/mol. The number of rotatable bonds is 10. The largest absolute Gasteiger partial charge is 0.366 e. The van der Waals surface area contributed by atoms with Crippen LogP contribution < -0.4 is 11.5 Å². The maximum Gasteiger partial charge on any atom is 0.249 e. The number of hydrogen-bond donors (Lipinski definition) is 2. The van der Waals surface area contributed by atoms with Gasteiger partial charge in [-0.3, -0.25) is 9.59 Å². The Balaban J connectivity index is 2.51. The van der Waals surface area contributed by atoms with Gasteiger partial charge in [-0.1, -0.05) is 58.1 Å². The van der Waals surface area contributed by atoms with E-state index in [-0.39, 0.29) is 11.1 Å². The van der Waals surface area contributed by atoms with Crippen LogP contribution in [0.3, 0.4) is 0 Å². The second-order valence-electron chi connectivity index (χ2n) is 6.27. The van der Waals surface area contributed by atoms with Crippen LogP contribution in [0, 0.1) is 5.92 Å². The van der Waals surface area contributed by atoms with E-state index in [9.17, 15) is 9.59 Å². The molecular weight excluding hydrogens is 276 g/mol. The lowest BCUT2D eigenvalue weighted by molar-refractivity contribution is 0.0966. The van der Waals surface area contributed by atoms with Crippen molar-refractivity contribution in [1.29, 1.82) is 0 Å². The first kappa shape index (κ1) is 18.2. The van der Waals surface area contributed by atoms with Gasteiger partial charge in [0, 0.05) is 0 Å². The average Bonchev–Trinajstić information content (AvgIpc) is 2.45. The summed E-state index contributed by atoms with van der Waals surface area (Å²) in [5.41, 5.74) is 12.0. The number of benzene rings is 1. The summed E-state index contributed by atoms with van der Waals surface area (Å²) in [6, 6.07) is 5.16. The van der Waals surface area contributed by atoms with Gasteiger partial charge in [-0.25, -0.2) is 0 Å². The summed E-state index contributed by atoms with van der Waals surface area (Å²) in [6.07, 6.45) is 7.88. The molecule has 0 saturated carbocycles. The third-order valence-electron chi connectivity index (χ3n) is 3.89. The van der Waals surface area contributed by atoms with Crippen molar-refractivity contribution in [2.24, 2.45) is 17.4 Å². The van der Waals surface area contributed by atoms with Gasteiger partial charge in [0.25, 0.3) is 0 Å². The minimum atomic E-state index is -0.607. The van der Waals surface area contributed by atoms with E-state index in [0.29, 0.717) is 0 Å². The second-order valence-corrected chi connectivity index (χ2v) is 6.27. The van der Waals surface area contributed by atoms with Gasteiger partial charge in [0.15, 0.2) is 0 Å². The van der Waals surface area contributed by atoms with E-state index in [1.54, 1.807) is 12.1 Å². The Bertz CT molecular complexity index is 510. The lowest BCUT2D eigenvalue weighted by atomic mass is 9.95. The third-order valence-corrected chi connectivity index (χ3v) is 3.89. The Morgan fingerprint density at radius 3 is 2.18 bits per heavy atom. The Morgan fingerprint density at radius 2 is 1.59 bits per heavy atom. The van der Waals surface area contributed by atoms with Crippen molar-refractivity contribution >= 4 is 11.8 Å². The summed E-state index contributed by atoms with van der Waals surface area (Å²) in [4.78, 5) is 23.0. The van der Waals surface area contributed by atoms with Crippen LogP contribution in [0.25, 0.3) is 0 Å². The van der Waals surface area contributed by atoms with Gasteiger partial charge in [-0.15, -0.1) is 0 Å². The smallest absolute Gasteiger partial charge is 0.249 e. The van der Waals surface area contributed by atoms with Crippen molar-refractivity contribution in [1.82, 2.24) is 0 Å². The predicted molar refractivity (Wildman–Crippen MR) is 89.7 cm³/mol. The molecule has 1 aromatic rings. The number of carbonyl (C=O) groups is 2. The molecule has 2 amide bonds. The van der Waals surface area contributed by atoms with Crippen LogP contribution in [0.1, 0.15) is 78.7 Å². The highest BCUT2D eigenvalue weighted by atomic mass is 16.2. The van der Waals surface area contributed by atoms with Crippen LogP contribution in [0.5, 0.6) is 0 Å². The number of primary amides is 2. The quantitative estimate of drug-likeness (QED) is 0.649. The maximum atomic E-state index is 11.6. The van der Waals surface area contributed by atoms with Crippen molar-refractivity contribution in [3.05, 3.63) is 34.9 Å². The molecule has 122 valence electrons. The van der Waals surface area contributed by atoms with Crippen LogP contribution in [-0.4, -0.2) is 11.8 Å². The first-order valence-corrected chi connectivity index (χ1v) is 8.15. The summed E-state index contributed by atoms with van der Waals surface area (Å²) in [5.74, 6) is -0.416. The number of aryl methyl sites for hydroxylation is 1. The molecule has 0 aliphatic heterocycles. The molecule has 4 heteroatoms. The molecule has 4 N–H and O–H groups in total. The first-order chi connectivity index (χ1) is 10.4. The molecule has 22 heavy (non-hydrogen) atoms. The predicted octanol–water partition coefficient (Wildman–Crippen LogP) is 3.42. The molecule has 0 spiro atoms. The van der Waals surface area contributed by atoms with Crippen molar-refractivity contribution in [2.75, 3.05) is 0 Å². The van der Waals surface area contributed by atoms with E-state index in [1.807, 2.05) is 6.07 Å². The molecule has 0 aromatic heterocycles. The first-order valence-electron chi connectivity index (χ1n) is 8.15. The monoisotopic (exact) mass is 304 g/mol. The fraction of sp³-hybridized carbons (Fsp3) is 0.556. The molecule has 0 aliphatic carbocycles. The Labute approximate surface area is 133 Å². The van der Waals surface area contributed by atoms with Crippen molar-refractivity contribution in [3.63, 3.8) is 0 Å². The zero-order valence-electron chi connectivity index (χ0n) is 13.7. The summed E-state index contributed by atoms with van der Waals surface area (Å²) >= 11 is 0. The highest BCUT2D eigenvalue weighted by Crippen LogP contribution is 2.18. The van der Waals surface area contributed by atoms with Gasteiger partial charge in [-0.2, -0.15) is 0 Å². The van der Waals surface area contributed by atoms with Crippen LogP contribution in [-0.2, 0) is 6.42 Å². The van der Waals surface area contributed by atoms with Crippen LogP contribution in [0.2, 0.25) is 0 Å². The number of unbranched alkanes of at least 4 members (excludes halogenated alkanes) is 4. The fourth-order valence-corrected chi connectivity index (χ4v) is 2.70. The molecule has 1 aromatic carbocycles. The van der Waals surface area contributed by atoms with Crippen molar-refractivity contribution in [3.8, 4) is 0 Å². The molecule has 0 atom stereocenters. The molecule has 0 fully saturated rings. The molecule has 1 rings (SSSR count). The van der Waals surface area contributed by atoms with Gasteiger partial charge in [0.05, 0.1) is 11.1 Å². The van der Waals surface area contributed by atoms with Gasteiger partial charge < -0.3 is 11.5 Å². The highest BCUT2D eigenvalue weighted by Gasteiger charge is 2.16. The van der Waals surface area contributed by atoms with Gasteiger partial charge in [0.2, 0.25) is 11.8 Å². The zero-order chi connectivity index (χ0) is 16.5. The van der Waals surface area contributed by atoms with E-state index in [0.717, 1.165) is 30.7 Å². The van der Waals surface area contributed by atoms with E-state index in [2.05, 4.69) is 13.8 Å². The third kappa shape index (κ3) is 5.88. The summed E-state index contributed by atoms with van der Waals surface area (Å²) in [7, 11) is 0. The zero-order valence-corrected chi connectivity index (χ0v) is 13.7. The normalized spacial score (nSPS) is 10.9. The molecule has 0 aliphatic rings. The second kappa shape index (κ2) is 9.23. The topological polar surface area (TPSA) is 86.2 Å². The molecule has 0 heterocycles. The Kier molecular flexibility index (Phi) is 7.64. The van der Waals surface area contributed by atoms with Gasteiger partial charge in [-0.05, 0) is 30.4 Å². The number of carbonyl (C=O) groups excluding carboxylic acids is 2. The van der Waals surface area contributed by atoms with Crippen molar-refractivity contribution < 1.29 is 9.59 Å². The molecule has 0 radical (unpaired) electrons. The van der Waals surface area contributed by atoms with Crippen LogP contribution >= 0.6 is 0 Å². The van der Waals surface area contributed by atoms with Gasteiger partial charge in [0.1, 0.15) is 0 Å².